The summed E-state index contributed by atoms with van der Waals surface area (Å²) in [6.07, 6.45) is 0. The molecule has 8 heteroatoms. The highest BCUT2D eigenvalue weighted by atomic mass is 16.2. The minimum absolute atomic E-state index is 0.0790. The van der Waals surface area contributed by atoms with Gasteiger partial charge in [-0.05, 0) is 13.1 Å². The number of piperazine rings is 1. The van der Waals surface area contributed by atoms with E-state index in [0.29, 0.717) is 29.6 Å². The Labute approximate surface area is 138 Å². The molecule has 0 unspecified atom stereocenters. The lowest BCUT2D eigenvalue weighted by Gasteiger charge is -2.31. The van der Waals surface area contributed by atoms with Gasteiger partial charge in [-0.15, -0.1) is 0 Å². The van der Waals surface area contributed by atoms with Crippen LogP contribution < -0.4 is 10.9 Å². The maximum Gasteiger partial charge on any atom is 0.311 e. The first-order valence-corrected chi connectivity index (χ1v) is 7.78. The second kappa shape index (κ2) is 6.79. The molecule has 1 aliphatic heterocycles. The van der Waals surface area contributed by atoms with Gasteiger partial charge < -0.3 is 15.1 Å². The molecule has 3 rings (SSSR count). The van der Waals surface area contributed by atoms with Gasteiger partial charge in [-0.1, -0.05) is 18.2 Å². The summed E-state index contributed by atoms with van der Waals surface area (Å²) in [6, 6.07) is 7.01. The van der Waals surface area contributed by atoms with Crippen LogP contribution in [-0.4, -0.2) is 65.0 Å². The van der Waals surface area contributed by atoms with Crippen molar-refractivity contribution in [3.63, 3.8) is 0 Å². The van der Waals surface area contributed by atoms with Gasteiger partial charge in [0, 0.05) is 31.6 Å². The second-order valence-electron chi connectivity index (χ2n) is 5.82. The third-order valence-corrected chi connectivity index (χ3v) is 4.18. The van der Waals surface area contributed by atoms with Crippen molar-refractivity contribution in [2.24, 2.45) is 0 Å². The van der Waals surface area contributed by atoms with Gasteiger partial charge in [0.2, 0.25) is 0 Å². The number of hydrogen-bond donors (Lipinski definition) is 2. The number of aromatic nitrogens is 2. The number of fused-ring (bicyclic) bond motifs is 1. The molecule has 1 aromatic carbocycles. The number of nitrogens with one attached hydrogen (secondary N) is 2. The number of rotatable bonds is 2. The van der Waals surface area contributed by atoms with Crippen LogP contribution in [0, 0.1) is 0 Å². The molecule has 24 heavy (non-hydrogen) atoms. The molecular formula is C16H19N5O3. The third-order valence-electron chi connectivity index (χ3n) is 4.18. The van der Waals surface area contributed by atoms with Crippen LogP contribution in [0.5, 0.6) is 0 Å². The molecule has 1 saturated heterocycles. The monoisotopic (exact) mass is 329 g/mol. The van der Waals surface area contributed by atoms with Crippen LogP contribution in [0.2, 0.25) is 0 Å². The fourth-order valence-electron chi connectivity index (χ4n) is 2.70. The zero-order valence-corrected chi connectivity index (χ0v) is 13.4. The summed E-state index contributed by atoms with van der Waals surface area (Å²) >= 11 is 0. The Morgan fingerprint density at radius 3 is 2.54 bits per heavy atom. The summed E-state index contributed by atoms with van der Waals surface area (Å²) in [6.45, 7) is 2.68. The molecule has 2 aromatic rings. The number of H-pyrrole nitrogens is 1. The predicted octanol–water partition coefficient (Wildman–Crippen LogP) is -0.687. The first kappa shape index (κ1) is 16.1. The van der Waals surface area contributed by atoms with Gasteiger partial charge in [-0.25, -0.2) is 5.10 Å². The lowest BCUT2D eigenvalue weighted by Crippen LogP contribution is -2.51. The SMILES string of the molecule is CN1CCN(C(=O)C(=O)NCc2n[nH]c(=O)c3ccccc23)CC1. The van der Waals surface area contributed by atoms with Crippen molar-refractivity contribution in [2.75, 3.05) is 33.2 Å². The van der Waals surface area contributed by atoms with Gasteiger partial charge in [-0.2, -0.15) is 5.10 Å². The molecule has 2 heterocycles. The Morgan fingerprint density at radius 1 is 1.17 bits per heavy atom. The molecule has 0 saturated carbocycles. The van der Waals surface area contributed by atoms with E-state index >= 15 is 0 Å². The van der Waals surface area contributed by atoms with E-state index in [1.165, 1.54) is 0 Å². The first-order valence-electron chi connectivity index (χ1n) is 7.78. The molecule has 0 spiro atoms. The van der Waals surface area contributed by atoms with E-state index in [9.17, 15) is 14.4 Å². The molecule has 1 aromatic heterocycles. The quantitative estimate of drug-likeness (QED) is 0.711. The smallest absolute Gasteiger partial charge is 0.311 e. The van der Waals surface area contributed by atoms with Crippen molar-refractivity contribution < 1.29 is 9.59 Å². The van der Waals surface area contributed by atoms with E-state index in [-0.39, 0.29) is 12.1 Å². The van der Waals surface area contributed by atoms with Crippen molar-refractivity contribution >= 4 is 22.6 Å². The number of carbonyl (C=O) groups is 2. The zero-order valence-electron chi connectivity index (χ0n) is 13.4. The van der Waals surface area contributed by atoms with Crippen LogP contribution in [-0.2, 0) is 16.1 Å². The number of carbonyl (C=O) groups excluding carboxylic acids is 2. The van der Waals surface area contributed by atoms with Crippen molar-refractivity contribution in [3.8, 4) is 0 Å². The largest absolute Gasteiger partial charge is 0.342 e. The molecule has 1 aliphatic rings. The minimum Gasteiger partial charge on any atom is -0.342 e. The number of amides is 2. The fraction of sp³-hybridized carbons (Fsp3) is 0.375. The molecule has 2 N–H and O–H groups in total. The van der Waals surface area contributed by atoms with E-state index in [2.05, 4.69) is 20.4 Å². The molecule has 0 radical (unpaired) electrons. The summed E-state index contributed by atoms with van der Waals surface area (Å²) in [4.78, 5) is 39.6. The minimum atomic E-state index is -0.656. The zero-order chi connectivity index (χ0) is 17.1. The van der Waals surface area contributed by atoms with Gasteiger partial charge >= 0.3 is 11.8 Å². The number of nitrogens with zero attached hydrogens (tertiary/aromatic N) is 3. The maximum absolute atomic E-state index is 12.2. The Balaban J connectivity index is 1.67. The number of benzene rings is 1. The van der Waals surface area contributed by atoms with Crippen LogP contribution >= 0.6 is 0 Å². The van der Waals surface area contributed by atoms with Gasteiger partial charge in [-0.3, -0.25) is 14.4 Å². The van der Waals surface area contributed by atoms with Crippen LogP contribution in [0.1, 0.15) is 5.69 Å². The third kappa shape index (κ3) is 3.28. The molecule has 0 bridgehead atoms. The van der Waals surface area contributed by atoms with Gasteiger partial charge in [0.15, 0.2) is 0 Å². The van der Waals surface area contributed by atoms with Crippen molar-refractivity contribution in [1.29, 1.82) is 0 Å². The Morgan fingerprint density at radius 2 is 1.83 bits per heavy atom. The normalized spacial score (nSPS) is 15.5. The molecule has 2 amide bonds. The van der Waals surface area contributed by atoms with E-state index < -0.39 is 11.8 Å². The van der Waals surface area contributed by atoms with Gasteiger partial charge in [0.05, 0.1) is 17.6 Å². The molecule has 126 valence electrons. The molecule has 0 atom stereocenters. The second-order valence-corrected chi connectivity index (χ2v) is 5.82. The highest BCUT2D eigenvalue weighted by Gasteiger charge is 2.24. The molecular weight excluding hydrogens is 310 g/mol. The molecule has 0 aliphatic carbocycles. The summed E-state index contributed by atoms with van der Waals surface area (Å²) in [5, 5.41) is 10.1. The maximum atomic E-state index is 12.2. The van der Waals surface area contributed by atoms with E-state index in [0.717, 1.165) is 13.1 Å². The number of likely N-dealkylation sites (N-methyl/N-ethyl adjacent to an activating group) is 1. The molecule has 8 nitrogen and oxygen atoms in total. The van der Waals surface area contributed by atoms with E-state index in [1.54, 1.807) is 29.2 Å². The topological polar surface area (TPSA) is 98.4 Å². The van der Waals surface area contributed by atoms with Crippen LogP contribution in [0.4, 0.5) is 0 Å². The molecule has 1 fully saturated rings. The lowest BCUT2D eigenvalue weighted by molar-refractivity contribution is -0.146. The highest BCUT2D eigenvalue weighted by molar-refractivity contribution is 6.35. The number of hydrogen-bond acceptors (Lipinski definition) is 5. The van der Waals surface area contributed by atoms with Crippen LogP contribution in [0.3, 0.4) is 0 Å². The van der Waals surface area contributed by atoms with Crippen molar-refractivity contribution in [1.82, 2.24) is 25.3 Å². The standard InChI is InChI=1S/C16H19N5O3/c1-20-6-8-21(9-7-20)16(24)15(23)17-10-13-11-4-2-3-5-12(11)14(22)19-18-13/h2-5H,6-10H2,1H3,(H,17,23)(H,19,22). The fourth-order valence-corrected chi connectivity index (χ4v) is 2.70. The Bertz CT molecular complexity index is 824. The van der Waals surface area contributed by atoms with Crippen LogP contribution in [0.25, 0.3) is 10.8 Å². The summed E-state index contributed by atoms with van der Waals surface area (Å²) in [5.41, 5.74) is 0.235. The van der Waals surface area contributed by atoms with Gasteiger partial charge in [0.1, 0.15) is 0 Å². The Kier molecular flexibility index (Phi) is 4.57. The van der Waals surface area contributed by atoms with Crippen molar-refractivity contribution in [3.05, 3.63) is 40.3 Å². The first-order chi connectivity index (χ1) is 11.6. The van der Waals surface area contributed by atoms with Crippen molar-refractivity contribution in [2.45, 2.75) is 6.54 Å². The average Bonchev–Trinajstić information content (AvgIpc) is 2.61. The highest BCUT2D eigenvalue weighted by Crippen LogP contribution is 2.12. The van der Waals surface area contributed by atoms with E-state index in [1.807, 2.05) is 7.05 Å². The van der Waals surface area contributed by atoms with E-state index in [4.69, 9.17) is 0 Å². The number of aromatic amines is 1. The van der Waals surface area contributed by atoms with Crippen LogP contribution in [0.15, 0.2) is 29.1 Å². The summed E-state index contributed by atoms with van der Waals surface area (Å²) in [7, 11) is 1.98. The predicted molar refractivity (Wildman–Crippen MR) is 88.3 cm³/mol. The summed E-state index contributed by atoms with van der Waals surface area (Å²) in [5.74, 6) is -1.19. The Hall–Kier alpha value is -2.74. The van der Waals surface area contributed by atoms with Gasteiger partial charge in [0.25, 0.3) is 5.56 Å². The lowest BCUT2D eigenvalue weighted by atomic mass is 10.1. The summed E-state index contributed by atoms with van der Waals surface area (Å²) < 4.78 is 0. The average molecular weight is 329 g/mol.